The van der Waals surface area contributed by atoms with Crippen molar-refractivity contribution >= 4 is 11.9 Å². The molecule has 2 N–H and O–H groups in total. The topological polar surface area (TPSA) is 70.7 Å². The van der Waals surface area contributed by atoms with Crippen LogP contribution in [0.1, 0.15) is 19.8 Å². The molecule has 0 aromatic carbocycles. The number of hydrogen-bond acceptors (Lipinski definition) is 3. The van der Waals surface area contributed by atoms with Crippen molar-refractivity contribution in [2.24, 2.45) is 0 Å². The van der Waals surface area contributed by atoms with Crippen LogP contribution in [0.15, 0.2) is 6.33 Å². The lowest BCUT2D eigenvalue weighted by molar-refractivity contribution is -0.116. The van der Waals surface area contributed by atoms with Crippen molar-refractivity contribution in [1.82, 2.24) is 15.2 Å². The smallest absolute Gasteiger partial charge is 0.226 e. The van der Waals surface area contributed by atoms with Gasteiger partial charge in [0.2, 0.25) is 11.9 Å². The van der Waals surface area contributed by atoms with Gasteiger partial charge in [-0.2, -0.15) is 10.1 Å². The summed E-state index contributed by atoms with van der Waals surface area (Å²) in [6, 6.07) is 0. The van der Waals surface area contributed by atoms with E-state index in [9.17, 15) is 4.79 Å². The van der Waals surface area contributed by atoms with E-state index in [1.54, 1.807) is 0 Å². The molecule has 0 aliphatic heterocycles. The maximum Gasteiger partial charge on any atom is 0.226 e. The number of rotatable bonds is 3. The summed E-state index contributed by atoms with van der Waals surface area (Å²) >= 11 is 0. The van der Waals surface area contributed by atoms with Gasteiger partial charge in [-0.25, -0.2) is 5.10 Å². The highest BCUT2D eigenvalue weighted by Gasteiger charge is 2.00. The molecule has 1 aromatic rings. The first-order valence-corrected chi connectivity index (χ1v) is 3.48. The number of amides is 1. The third-order valence-electron chi connectivity index (χ3n) is 1.15. The lowest BCUT2D eigenvalue weighted by Gasteiger charge is -1.96. The molecule has 1 heterocycles. The van der Waals surface area contributed by atoms with Crippen molar-refractivity contribution < 1.29 is 4.79 Å². The van der Waals surface area contributed by atoms with E-state index in [4.69, 9.17) is 0 Å². The van der Waals surface area contributed by atoms with Crippen molar-refractivity contribution in [3.63, 3.8) is 0 Å². The molecule has 0 fully saturated rings. The molecule has 0 saturated carbocycles. The summed E-state index contributed by atoms with van der Waals surface area (Å²) in [6.45, 7) is 1.94. The van der Waals surface area contributed by atoms with E-state index in [1.807, 2.05) is 6.92 Å². The van der Waals surface area contributed by atoms with E-state index < -0.39 is 0 Å². The van der Waals surface area contributed by atoms with E-state index in [0.717, 1.165) is 6.42 Å². The Balaban J connectivity index is 2.37. The second-order valence-corrected chi connectivity index (χ2v) is 2.13. The number of anilines is 1. The highest BCUT2D eigenvalue weighted by Crippen LogP contribution is 1.95. The minimum absolute atomic E-state index is 0.0377. The summed E-state index contributed by atoms with van der Waals surface area (Å²) in [5.41, 5.74) is 0. The fraction of sp³-hybridized carbons (Fsp3) is 0.500. The summed E-state index contributed by atoms with van der Waals surface area (Å²) in [5.74, 6) is 0.368. The van der Waals surface area contributed by atoms with Crippen LogP contribution in [0.4, 0.5) is 5.95 Å². The first kappa shape index (κ1) is 7.71. The minimum Gasteiger partial charge on any atom is -0.295 e. The number of carbonyl (C=O) groups is 1. The van der Waals surface area contributed by atoms with Crippen molar-refractivity contribution in [3.8, 4) is 0 Å². The molecule has 1 amide bonds. The predicted octanol–water partition coefficient (Wildman–Crippen LogP) is 0.543. The molecular weight excluding hydrogens is 144 g/mol. The molecule has 0 aliphatic rings. The Morgan fingerprint density at radius 2 is 2.64 bits per heavy atom. The van der Waals surface area contributed by atoms with Crippen LogP contribution in [0.2, 0.25) is 0 Å². The number of nitrogens with zero attached hydrogens (tertiary/aromatic N) is 2. The fourth-order valence-electron chi connectivity index (χ4n) is 0.687. The lowest BCUT2D eigenvalue weighted by Crippen LogP contribution is -2.11. The Morgan fingerprint density at radius 3 is 3.18 bits per heavy atom. The highest BCUT2D eigenvalue weighted by atomic mass is 16.1. The average Bonchev–Trinajstić information content (AvgIpc) is 2.40. The van der Waals surface area contributed by atoms with Crippen LogP contribution in [0.5, 0.6) is 0 Å². The summed E-state index contributed by atoms with van der Waals surface area (Å²) in [6.07, 6.45) is 2.70. The number of aromatic nitrogens is 3. The molecule has 0 bridgehead atoms. The normalized spacial score (nSPS) is 9.55. The third kappa shape index (κ3) is 2.37. The van der Waals surface area contributed by atoms with Crippen molar-refractivity contribution in [2.75, 3.05) is 5.32 Å². The van der Waals surface area contributed by atoms with Gasteiger partial charge < -0.3 is 0 Å². The molecule has 0 spiro atoms. The number of carbonyl (C=O) groups excluding carboxylic acids is 1. The van der Waals surface area contributed by atoms with Gasteiger partial charge >= 0.3 is 0 Å². The average molecular weight is 154 g/mol. The molecule has 1 rings (SSSR count). The quantitative estimate of drug-likeness (QED) is 0.667. The van der Waals surface area contributed by atoms with Gasteiger partial charge in [0, 0.05) is 6.42 Å². The molecule has 5 heteroatoms. The van der Waals surface area contributed by atoms with Crippen LogP contribution in [0.25, 0.3) is 0 Å². The van der Waals surface area contributed by atoms with Crippen molar-refractivity contribution in [2.45, 2.75) is 19.8 Å². The van der Waals surface area contributed by atoms with E-state index >= 15 is 0 Å². The maximum atomic E-state index is 10.9. The molecular formula is C6H10N4O. The Morgan fingerprint density at radius 1 is 1.82 bits per heavy atom. The molecule has 1 aromatic heterocycles. The molecule has 11 heavy (non-hydrogen) atoms. The number of H-pyrrole nitrogens is 1. The maximum absolute atomic E-state index is 10.9. The zero-order valence-electron chi connectivity index (χ0n) is 6.29. The zero-order valence-corrected chi connectivity index (χ0v) is 6.29. The first-order chi connectivity index (χ1) is 5.33. The van der Waals surface area contributed by atoms with Crippen molar-refractivity contribution in [3.05, 3.63) is 6.33 Å². The van der Waals surface area contributed by atoms with Crippen LogP contribution in [-0.4, -0.2) is 21.1 Å². The number of hydrogen-bond donors (Lipinski definition) is 2. The van der Waals surface area contributed by atoms with E-state index in [1.165, 1.54) is 6.33 Å². The summed E-state index contributed by atoms with van der Waals surface area (Å²) in [5, 5.41) is 8.67. The third-order valence-corrected chi connectivity index (χ3v) is 1.15. The van der Waals surface area contributed by atoms with Gasteiger partial charge in [-0.15, -0.1) is 0 Å². The molecule has 0 atom stereocenters. The molecule has 0 saturated heterocycles. The number of aromatic amines is 1. The summed E-state index contributed by atoms with van der Waals surface area (Å²) in [4.78, 5) is 14.7. The van der Waals surface area contributed by atoms with Crippen LogP contribution < -0.4 is 5.32 Å². The largest absolute Gasteiger partial charge is 0.295 e. The van der Waals surface area contributed by atoms with Crippen LogP contribution in [0.3, 0.4) is 0 Å². The molecule has 60 valence electrons. The molecule has 5 nitrogen and oxygen atoms in total. The van der Waals surface area contributed by atoms with Gasteiger partial charge in [-0.05, 0) is 6.42 Å². The summed E-state index contributed by atoms with van der Waals surface area (Å²) < 4.78 is 0. The van der Waals surface area contributed by atoms with Gasteiger partial charge in [0.25, 0.3) is 0 Å². The second kappa shape index (κ2) is 3.70. The second-order valence-electron chi connectivity index (χ2n) is 2.13. The summed E-state index contributed by atoms with van der Waals surface area (Å²) in [7, 11) is 0. The predicted molar refractivity (Wildman–Crippen MR) is 39.9 cm³/mol. The van der Waals surface area contributed by atoms with E-state index in [2.05, 4.69) is 20.5 Å². The standard InChI is InChI=1S/C6H10N4O/c1-2-3-5(11)9-6-7-4-8-10-6/h4H,2-3H2,1H3,(H2,7,8,9,10,11). The van der Waals surface area contributed by atoms with E-state index in [0.29, 0.717) is 12.4 Å². The number of nitrogens with one attached hydrogen (secondary N) is 2. The molecule has 0 unspecified atom stereocenters. The minimum atomic E-state index is -0.0377. The van der Waals surface area contributed by atoms with Crippen LogP contribution in [-0.2, 0) is 4.79 Å². The van der Waals surface area contributed by atoms with Crippen molar-refractivity contribution in [1.29, 1.82) is 0 Å². The van der Waals surface area contributed by atoms with Crippen LogP contribution in [0, 0.1) is 0 Å². The lowest BCUT2D eigenvalue weighted by atomic mass is 10.3. The Bertz CT molecular complexity index is 218. The van der Waals surface area contributed by atoms with Gasteiger partial charge in [0.1, 0.15) is 6.33 Å². The van der Waals surface area contributed by atoms with Gasteiger partial charge in [0.15, 0.2) is 0 Å². The SMILES string of the molecule is CCCC(=O)Nc1ncn[nH]1. The zero-order chi connectivity index (χ0) is 8.10. The monoisotopic (exact) mass is 154 g/mol. The molecule has 0 radical (unpaired) electrons. The van der Waals surface area contributed by atoms with Gasteiger partial charge in [-0.3, -0.25) is 10.1 Å². The Kier molecular flexibility index (Phi) is 2.59. The first-order valence-electron chi connectivity index (χ1n) is 3.48. The van der Waals surface area contributed by atoms with Gasteiger partial charge in [0.05, 0.1) is 0 Å². The molecule has 0 aliphatic carbocycles. The Labute approximate surface area is 64.2 Å². The Hall–Kier alpha value is -1.39. The van der Waals surface area contributed by atoms with Gasteiger partial charge in [-0.1, -0.05) is 6.92 Å². The fourth-order valence-corrected chi connectivity index (χ4v) is 0.687. The van der Waals surface area contributed by atoms with E-state index in [-0.39, 0.29) is 5.91 Å². The highest BCUT2D eigenvalue weighted by molar-refractivity contribution is 5.88. The van der Waals surface area contributed by atoms with Crippen LogP contribution >= 0.6 is 0 Å².